The maximum Gasteiger partial charge on any atom is 0.00979 e. The second-order valence-electron chi connectivity index (χ2n) is 4.86. The van der Waals surface area contributed by atoms with Crippen molar-refractivity contribution in [3.8, 4) is 0 Å². The molecule has 0 radical (unpaired) electrons. The van der Waals surface area contributed by atoms with Gasteiger partial charge in [-0.25, -0.2) is 0 Å². The molecule has 0 amide bonds. The van der Waals surface area contributed by atoms with Crippen molar-refractivity contribution in [2.75, 3.05) is 13.1 Å². The van der Waals surface area contributed by atoms with E-state index >= 15 is 0 Å². The predicted octanol–water partition coefficient (Wildman–Crippen LogP) is 3.05. The van der Waals surface area contributed by atoms with Gasteiger partial charge in [0, 0.05) is 6.04 Å². The first kappa shape index (κ1) is 9.51. The molecule has 3 aliphatic heterocycles. The molecular formula is C12H23N. The fourth-order valence-electron chi connectivity index (χ4n) is 3.02. The summed E-state index contributed by atoms with van der Waals surface area (Å²) in [5.41, 5.74) is 0. The Bertz CT molecular complexity index is 147. The van der Waals surface area contributed by atoms with E-state index in [1.54, 1.807) is 0 Å². The average Bonchev–Trinajstić information content (AvgIpc) is 2.20. The highest BCUT2D eigenvalue weighted by atomic mass is 15.2. The Morgan fingerprint density at radius 1 is 1.15 bits per heavy atom. The van der Waals surface area contributed by atoms with Crippen LogP contribution in [0.15, 0.2) is 0 Å². The molecule has 1 heteroatoms. The molecule has 13 heavy (non-hydrogen) atoms. The number of hydrogen-bond acceptors (Lipinski definition) is 1. The van der Waals surface area contributed by atoms with E-state index in [0.717, 1.165) is 12.0 Å². The third kappa shape index (κ3) is 2.25. The lowest BCUT2D eigenvalue weighted by Crippen LogP contribution is -2.48. The minimum atomic E-state index is 0.971. The summed E-state index contributed by atoms with van der Waals surface area (Å²) in [5, 5.41) is 0. The zero-order chi connectivity index (χ0) is 9.10. The Morgan fingerprint density at radius 2 is 1.92 bits per heavy atom. The molecule has 1 nitrogen and oxygen atoms in total. The Morgan fingerprint density at radius 3 is 2.46 bits per heavy atom. The van der Waals surface area contributed by atoms with Crippen molar-refractivity contribution in [3.63, 3.8) is 0 Å². The summed E-state index contributed by atoms with van der Waals surface area (Å²) >= 11 is 0. The van der Waals surface area contributed by atoms with E-state index in [4.69, 9.17) is 0 Å². The SMILES string of the molecule is CCCCCC1CC2CCN1CC2. The van der Waals surface area contributed by atoms with E-state index in [2.05, 4.69) is 11.8 Å². The van der Waals surface area contributed by atoms with Gasteiger partial charge in [0.1, 0.15) is 0 Å². The lowest BCUT2D eigenvalue weighted by Gasteiger charge is -2.45. The summed E-state index contributed by atoms with van der Waals surface area (Å²) in [5.74, 6) is 1.09. The lowest BCUT2D eigenvalue weighted by molar-refractivity contribution is 0.0439. The van der Waals surface area contributed by atoms with Crippen LogP contribution in [0.2, 0.25) is 0 Å². The normalized spacial score (nSPS) is 38.1. The molecule has 3 saturated heterocycles. The van der Waals surface area contributed by atoms with Crippen molar-refractivity contribution >= 4 is 0 Å². The van der Waals surface area contributed by atoms with Crippen molar-refractivity contribution in [3.05, 3.63) is 0 Å². The number of piperidine rings is 3. The molecule has 0 aromatic carbocycles. The first-order valence-corrected chi connectivity index (χ1v) is 6.14. The maximum atomic E-state index is 2.75. The molecule has 1 atom stereocenters. The van der Waals surface area contributed by atoms with E-state index in [-0.39, 0.29) is 0 Å². The first-order chi connectivity index (χ1) is 6.40. The minimum Gasteiger partial charge on any atom is -0.300 e. The highest BCUT2D eigenvalue weighted by Gasteiger charge is 2.32. The van der Waals surface area contributed by atoms with Gasteiger partial charge in [-0.3, -0.25) is 0 Å². The molecule has 0 N–H and O–H groups in total. The second kappa shape index (κ2) is 4.45. The van der Waals surface area contributed by atoms with Crippen molar-refractivity contribution in [2.24, 2.45) is 5.92 Å². The van der Waals surface area contributed by atoms with Crippen LogP contribution in [0.25, 0.3) is 0 Å². The van der Waals surface area contributed by atoms with Gasteiger partial charge in [0.2, 0.25) is 0 Å². The Labute approximate surface area is 82.5 Å². The third-order valence-electron chi connectivity index (χ3n) is 3.91. The van der Waals surface area contributed by atoms with Gasteiger partial charge in [-0.15, -0.1) is 0 Å². The fourth-order valence-corrected chi connectivity index (χ4v) is 3.02. The second-order valence-corrected chi connectivity index (χ2v) is 4.86. The van der Waals surface area contributed by atoms with Crippen LogP contribution in [0.4, 0.5) is 0 Å². The molecule has 0 aromatic rings. The van der Waals surface area contributed by atoms with E-state index in [1.807, 2.05) is 0 Å². The topological polar surface area (TPSA) is 3.24 Å². The van der Waals surface area contributed by atoms with E-state index < -0.39 is 0 Å². The smallest absolute Gasteiger partial charge is 0.00979 e. The standard InChI is InChI=1S/C12H23N/c1-2-3-4-5-12-10-11-6-8-13(12)9-7-11/h11-12H,2-10H2,1H3. The molecule has 3 rings (SSSR count). The summed E-state index contributed by atoms with van der Waals surface area (Å²) < 4.78 is 0. The molecule has 0 aromatic heterocycles. The zero-order valence-corrected chi connectivity index (χ0v) is 8.97. The van der Waals surface area contributed by atoms with Crippen LogP contribution < -0.4 is 0 Å². The van der Waals surface area contributed by atoms with Gasteiger partial charge in [-0.2, -0.15) is 0 Å². The van der Waals surface area contributed by atoms with Crippen molar-refractivity contribution in [1.29, 1.82) is 0 Å². The highest BCUT2D eigenvalue weighted by Crippen LogP contribution is 2.33. The lowest BCUT2D eigenvalue weighted by atomic mass is 9.81. The number of hydrogen-bond donors (Lipinski definition) is 0. The highest BCUT2D eigenvalue weighted by molar-refractivity contribution is 4.87. The van der Waals surface area contributed by atoms with E-state index in [0.29, 0.717) is 0 Å². The van der Waals surface area contributed by atoms with Crippen LogP contribution >= 0.6 is 0 Å². The quantitative estimate of drug-likeness (QED) is 0.603. The van der Waals surface area contributed by atoms with E-state index in [9.17, 15) is 0 Å². The summed E-state index contributed by atoms with van der Waals surface area (Å²) in [6.07, 6.45) is 10.2. The number of nitrogens with zero attached hydrogens (tertiary/aromatic N) is 1. The maximum absolute atomic E-state index is 2.75. The van der Waals surface area contributed by atoms with Crippen molar-refractivity contribution < 1.29 is 0 Å². The monoisotopic (exact) mass is 181 g/mol. The molecule has 0 saturated carbocycles. The van der Waals surface area contributed by atoms with Crippen LogP contribution in [-0.4, -0.2) is 24.0 Å². The van der Waals surface area contributed by atoms with Gasteiger partial charge in [0.25, 0.3) is 0 Å². The number of rotatable bonds is 4. The molecule has 76 valence electrons. The Balaban J connectivity index is 1.74. The van der Waals surface area contributed by atoms with Gasteiger partial charge >= 0.3 is 0 Å². The molecule has 0 aliphatic carbocycles. The summed E-state index contributed by atoms with van der Waals surface area (Å²) in [6, 6.07) is 0.971. The van der Waals surface area contributed by atoms with Crippen LogP contribution in [0.5, 0.6) is 0 Å². The predicted molar refractivity (Wildman–Crippen MR) is 56.8 cm³/mol. The molecule has 0 spiro atoms. The molecular weight excluding hydrogens is 158 g/mol. The first-order valence-electron chi connectivity index (χ1n) is 6.14. The van der Waals surface area contributed by atoms with Crippen molar-refractivity contribution in [1.82, 2.24) is 4.90 Å². The van der Waals surface area contributed by atoms with Crippen LogP contribution in [-0.2, 0) is 0 Å². The van der Waals surface area contributed by atoms with Gasteiger partial charge in [-0.05, 0) is 44.7 Å². The molecule has 2 bridgehead atoms. The van der Waals surface area contributed by atoms with Crippen LogP contribution in [0.3, 0.4) is 0 Å². The largest absolute Gasteiger partial charge is 0.300 e. The molecule has 1 unspecified atom stereocenters. The van der Waals surface area contributed by atoms with Crippen LogP contribution in [0.1, 0.15) is 51.9 Å². The summed E-state index contributed by atoms with van der Waals surface area (Å²) in [4.78, 5) is 2.75. The minimum absolute atomic E-state index is 0.971. The number of unbranched alkanes of at least 4 members (excludes halogenated alkanes) is 2. The summed E-state index contributed by atoms with van der Waals surface area (Å²) in [7, 11) is 0. The van der Waals surface area contributed by atoms with E-state index in [1.165, 1.54) is 58.0 Å². The molecule has 3 fully saturated rings. The average molecular weight is 181 g/mol. The molecule has 3 heterocycles. The third-order valence-corrected chi connectivity index (χ3v) is 3.91. The van der Waals surface area contributed by atoms with Crippen LogP contribution in [0, 0.1) is 5.92 Å². The zero-order valence-electron chi connectivity index (χ0n) is 8.97. The van der Waals surface area contributed by atoms with Gasteiger partial charge < -0.3 is 4.90 Å². The Kier molecular flexibility index (Phi) is 3.26. The summed E-state index contributed by atoms with van der Waals surface area (Å²) in [6.45, 7) is 5.11. The number of fused-ring (bicyclic) bond motifs is 3. The Hall–Kier alpha value is -0.0400. The van der Waals surface area contributed by atoms with Gasteiger partial charge in [0.05, 0.1) is 0 Å². The molecule has 3 aliphatic rings. The van der Waals surface area contributed by atoms with Gasteiger partial charge in [0.15, 0.2) is 0 Å². The fraction of sp³-hybridized carbons (Fsp3) is 1.00. The van der Waals surface area contributed by atoms with Gasteiger partial charge in [-0.1, -0.05) is 26.2 Å². The van der Waals surface area contributed by atoms with Crippen molar-refractivity contribution in [2.45, 2.75) is 57.9 Å².